The van der Waals surface area contributed by atoms with E-state index in [9.17, 15) is 9.59 Å². The standard InChI is InChI=1S/C12H15N3O3/c1-2-3-8(13)11(16)14-7-4-5-10-9(6-7)15-12(17)18-10/h4-6,8H,2-3,13H2,1H3,(H,14,16)(H,15,17)/t8-/m0/s1. The summed E-state index contributed by atoms with van der Waals surface area (Å²) < 4.78 is 4.87. The van der Waals surface area contributed by atoms with Crippen LogP contribution in [-0.4, -0.2) is 16.9 Å². The van der Waals surface area contributed by atoms with Crippen molar-refractivity contribution < 1.29 is 9.21 Å². The molecule has 0 aliphatic carbocycles. The number of hydrogen-bond donors (Lipinski definition) is 3. The molecule has 1 amide bonds. The summed E-state index contributed by atoms with van der Waals surface area (Å²) in [6.45, 7) is 1.97. The number of carbonyl (C=O) groups is 1. The van der Waals surface area contributed by atoms with Gasteiger partial charge in [0.05, 0.1) is 11.6 Å². The summed E-state index contributed by atoms with van der Waals surface area (Å²) in [6, 6.07) is 4.40. The van der Waals surface area contributed by atoms with Crippen molar-refractivity contribution in [1.82, 2.24) is 4.98 Å². The summed E-state index contributed by atoms with van der Waals surface area (Å²) in [5.74, 6) is -0.752. The number of nitrogens with one attached hydrogen (secondary N) is 2. The predicted octanol–water partition coefficient (Wildman–Crippen LogP) is 1.19. The number of nitrogens with two attached hydrogens (primary N) is 1. The van der Waals surface area contributed by atoms with E-state index in [1.54, 1.807) is 18.2 Å². The number of amides is 1. The molecule has 1 aromatic carbocycles. The number of carbonyl (C=O) groups excluding carboxylic acids is 1. The molecule has 1 heterocycles. The first kappa shape index (κ1) is 12.4. The van der Waals surface area contributed by atoms with Gasteiger partial charge in [-0.2, -0.15) is 0 Å². The first-order valence-corrected chi connectivity index (χ1v) is 5.79. The Morgan fingerprint density at radius 3 is 3.06 bits per heavy atom. The molecule has 18 heavy (non-hydrogen) atoms. The van der Waals surface area contributed by atoms with E-state index in [2.05, 4.69) is 10.3 Å². The largest absolute Gasteiger partial charge is 0.417 e. The number of benzene rings is 1. The van der Waals surface area contributed by atoms with Crippen molar-refractivity contribution in [2.24, 2.45) is 5.73 Å². The molecule has 4 N–H and O–H groups in total. The quantitative estimate of drug-likeness (QED) is 0.757. The third-order valence-electron chi connectivity index (χ3n) is 2.62. The highest BCUT2D eigenvalue weighted by atomic mass is 16.4. The molecule has 6 heteroatoms. The van der Waals surface area contributed by atoms with Crippen LogP contribution in [0.4, 0.5) is 5.69 Å². The van der Waals surface area contributed by atoms with Crippen molar-refractivity contribution in [1.29, 1.82) is 0 Å². The van der Waals surface area contributed by atoms with Gasteiger partial charge in [0.25, 0.3) is 0 Å². The van der Waals surface area contributed by atoms with E-state index in [-0.39, 0.29) is 5.91 Å². The summed E-state index contributed by atoms with van der Waals surface area (Å²) in [7, 11) is 0. The van der Waals surface area contributed by atoms with E-state index in [0.717, 1.165) is 6.42 Å². The van der Waals surface area contributed by atoms with Crippen molar-refractivity contribution in [3.8, 4) is 0 Å². The summed E-state index contributed by atoms with van der Waals surface area (Å²) >= 11 is 0. The fraction of sp³-hybridized carbons (Fsp3) is 0.333. The Balaban J connectivity index is 2.16. The maximum atomic E-state index is 11.7. The molecule has 2 rings (SSSR count). The van der Waals surface area contributed by atoms with Crippen LogP contribution < -0.4 is 16.8 Å². The number of rotatable bonds is 4. The lowest BCUT2D eigenvalue weighted by Crippen LogP contribution is -2.35. The summed E-state index contributed by atoms with van der Waals surface area (Å²) in [6.07, 6.45) is 1.49. The average molecular weight is 249 g/mol. The van der Waals surface area contributed by atoms with Crippen molar-refractivity contribution in [3.63, 3.8) is 0 Å². The lowest BCUT2D eigenvalue weighted by molar-refractivity contribution is -0.117. The first-order valence-electron chi connectivity index (χ1n) is 5.79. The van der Waals surface area contributed by atoms with E-state index in [0.29, 0.717) is 23.2 Å². The fourth-order valence-electron chi connectivity index (χ4n) is 1.71. The molecule has 0 bridgehead atoms. The Morgan fingerprint density at radius 2 is 2.33 bits per heavy atom. The molecular weight excluding hydrogens is 234 g/mol. The van der Waals surface area contributed by atoms with Crippen LogP contribution in [0.2, 0.25) is 0 Å². The van der Waals surface area contributed by atoms with Gasteiger partial charge in [-0.05, 0) is 24.6 Å². The van der Waals surface area contributed by atoms with Gasteiger partial charge in [-0.1, -0.05) is 13.3 Å². The molecular formula is C12H15N3O3. The van der Waals surface area contributed by atoms with E-state index >= 15 is 0 Å². The van der Waals surface area contributed by atoms with Gasteiger partial charge in [-0.3, -0.25) is 9.78 Å². The molecule has 0 radical (unpaired) electrons. The van der Waals surface area contributed by atoms with Gasteiger partial charge in [0.1, 0.15) is 0 Å². The van der Waals surface area contributed by atoms with Crippen LogP contribution in [0, 0.1) is 0 Å². The predicted molar refractivity (Wildman–Crippen MR) is 68.3 cm³/mol. The molecule has 0 spiro atoms. The highest BCUT2D eigenvalue weighted by Crippen LogP contribution is 2.16. The van der Waals surface area contributed by atoms with E-state index in [1.165, 1.54) is 0 Å². The van der Waals surface area contributed by atoms with Gasteiger partial charge in [-0.15, -0.1) is 0 Å². The van der Waals surface area contributed by atoms with Crippen LogP contribution in [0.3, 0.4) is 0 Å². The molecule has 0 saturated carbocycles. The van der Waals surface area contributed by atoms with Gasteiger partial charge in [0.2, 0.25) is 5.91 Å². The Hall–Kier alpha value is -2.08. The van der Waals surface area contributed by atoms with Gasteiger partial charge in [-0.25, -0.2) is 4.79 Å². The van der Waals surface area contributed by atoms with Crippen LogP contribution in [0.15, 0.2) is 27.4 Å². The fourth-order valence-corrected chi connectivity index (χ4v) is 1.71. The number of aromatic amines is 1. The number of H-pyrrole nitrogens is 1. The van der Waals surface area contributed by atoms with Gasteiger partial charge < -0.3 is 15.5 Å². The van der Waals surface area contributed by atoms with Crippen molar-refractivity contribution in [2.75, 3.05) is 5.32 Å². The van der Waals surface area contributed by atoms with Crippen LogP contribution in [0.5, 0.6) is 0 Å². The smallest absolute Gasteiger partial charge is 0.408 e. The zero-order valence-corrected chi connectivity index (χ0v) is 10.0. The number of oxazole rings is 1. The minimum Gasteiger partial charge on any atom is -0.408 e. The number of aromatic nitrogens is 1. The minimum atomic E-state index is -0.519. The van der Waals surface area contributed by atoms with E-state index < -0.39 is 11.8 Å². The second-order valence-corrected chi connectivity index (χ2v) is 4.11. The summed E-state index contributed by atoms with van der Waals surface area (Å²) in [4.78, 5) is 25.2. The second kappa shape index (κ2) is 5.05. The highest BCUT2D eigenvalue weighted by Gasteiger charge is 2.12. The zero-order valence-electron chi connectivity index (χ0n) is 10.0. The molecule has 1 atom stereocenters. The molecule has 96 valence electrons. The molecule has 0 aliphatic rings. The normalized spacial score (nSPS) is 12.6. The number of anilines is 1. The zero-order chi connectivity index (χ0) is 13.1. The topological polar surface area (TPSA) is 101 Å². The van der Waals surface area contributed by atoms with E-state index in [4.69, 9.17) is 10.2 Å². The van der Waals surface area contributed by atoms with Crippen LogP contribution >= 0.6 is 0 Å². The van der Waals surface area contributed by atoms with Crippen LogP contribution in [-0.2, 0) is 4.79 Å². The molecule has 0 aliphatic heterocycles. The van der Waals surface area contributed by atoms with Crippen LogP contribution in [0.25, 0.3) is 11.1 Å². The third-order valence-corrected chi connectivity index (χ3v) is 2.62. The van der Waals surface area contributed by atoms with Crippen molar-refractivity contribution in [2.45, 2.75) is 25.8 Å². The first-order chi connectivity index (χ1) is 8.60. The SMILES string of the molecule is CCC[C@H](N)C(=O)Nc1ccc2oc(=O)[nH]c2c1. The van der Waals surface area contributed by atoms with Crippen molar-refractivity contribution in [3.05, 3.63) is 28.7 Å². The maximum Gasteiger partial charge on any atom is 0.417 e. The Morgan fingerprint density at radius 1 is 1.56 bits per heavy atom. The molecule has 0 saturated heterocycles. The van der Waals surface area contributed by atoms with Gasteiger partial charge in [0, 0.05) is 5.69 Å². The monoisotopic (exact) mass is 249 g/mol. The Bertz CT molecular complexity index is 614. The number of fused-ring (bicyclic) bond motifs is 1. The van der Waals surface area contributed by atoms with Crippen LogP contribution in [0.1, 0.15) is 19.8 Å². The molecule has 1 aromatic heterocycles. The minimum absolute atomic E-state index is 0.234. The Kier molecular flexibility index (Phi) is 3.47. The second-order valence-electron chi connectivity index (χ2n) is 4.11. The summed E-state index contributed by atoms with van der Waals surface area (Å²) in [5, 5.41) is 2.70. The van der Waals surface area contributed by atoms with Gasteiger partial charge >= 0.3 is 5.76 Å². The number of hydrogen-bond acceptors (Lipinski definition) is 4. The lowest BCUT2D eigenvalue weighted by Gasteiger charge is -2.10. The average Bonchev–Trinajstić information content (AvgIpc) is 2.68. The third kappa shape index (κ3) is 2.60. The van der Waals surface area contributed by atoms with Gasteiger partial charge in [0.15, 0.2) is 5.58 Å². The van der Waals surface area contributed by atoms with E-state index in [1.807, 2.05) is 6.92 Å². The molecule has 2 aromatic rings. The molecule has 6 nitrogen and oxygen atoms in total. The molecule has 0 unspecified atom stereocenters. The Labute approximate surface area is 103 Å². The summed E-state index contributed by atoms with van der Waals surface area (Å²) in [5.41, 5.74) is 7.28. The maximum absolute atomic E-state index is 11.7. The molecule has 0 fully saturated rings. The highest BCUT2D eigenvalue weighted by molar-refractivity contribution is 5.96. The van der Waals surface area contributed by atoms with Crippen molar-refractivity contribution >= 4 is 22.7 Å². The lowest BCUT2D eigenvalue weighted by atomic mass is 10.1.